The maximum absolute atomic E-state index is 10.4. The monoisotopic (exact) mass is 116 g/mol. The van der Waals surface area contributed by atoms with Crippen LogP contribution in [0.2, 0.25) is 0 Å². The SMILES string of the molecule is CC1SC=C[N+]1=O. The number of hydrogen-bond donors (Lipinski definition) is 0. The fourth-order valence-corrected chi connectivity index (χ4v) is 0.998. The van der Waals surface area contributed by atoms with Crippen molar-refractivity contribution in [3.8, 4) is 0 Å². The summed E-state index contributed by atoms with van der Waals surface area (Å²) in [6.07, 6.45) is 1.54. The summed E-state index contributed by atoms with van der Waals surface area (Å²) in [7, 11) is 0. The van der Waals surface area contributed by atoms with E-state index >= 15 is 0 Å². The predicted octanol–water partition coefficient (Wildman–Crippen LogP) is 1.33. The van der Waals surface area contributed by atoms with Crippen molar-refractivity contribution in [1.82, 2.24) is 0 Å². The Morgan fingerprint density at radius 3 is 2.71 bits per heavy atom. The number of nitroso groups, excluding NO2 is 1. The van der Waals surface area contributed by atoms with Crippen LogP contribution in [-0.4, -0.2) is 10.1 Å². The number of hydrogen-bond acceptors (Lipinski definition) is 2. The van der Waals surface area contributed by atoms with Crippen LogP contribution >= 0.6 is 11.8 Å². The molecule has 0 saturated carbocycles. The first-order valence-electron chi connectivity index (χ1n) is 2.08. The van der Waals surface area contributed by atoms with Crippen LogP contribution in [0.1, 0.15) is 6.92 Å². The van der Waals surface area contributed by atoms with Gasteiger partial charge in [-0.25, -0.2) is 0 Å². The Kier molecular flexibility index (Phi) is 1.15. The first-order valence-corrected chi connectivity index (χ1v) is 3.02. The molecule has 0 radical (unpaired) electrons. The highest BCUT2D eigenvalue weighted by Gasteiger charge is 2.21. The summed E-state index contributed by atoms with van der Waals surface area (Å²) in [4.78, 5) is 10.4. The minimum absolute atomic E-state index is 0.0972. The van der Waals surface area contributed by atoms with E-state index in [2.05, 4.69) is 0 Å². The summed E-state index contributed by atoms with van der Waals surface area (Å²) in [5, 5.41) is 1.90. The topological polar surface area (TPSA) is 20.1 Å². The molecule has 1 heterocycles. The molecule has 38 valence electrons. The summed E-state index contributed by atoms with van der Waals surface area (Å²) in [6.45, 7) is 1.87. The average Bonchev–Trinajstić information content (AvgIpc) is 1.91. The van der Waals surface area contributed by atoms with Gasteiger partial charge in [0, 0.05) is 22.0 Å². The van der Waals surface area contributed by atoms with Gasteiger partial charge in [0.05, 0.1) is 0 Å². The van der Waals surface area contributed by atoms with E-state index in [1.165, 1.54) is 18.0 Å². The van der Waals surface area contributed by atoms with Crippen molar-refractivity contribution in [1.29, 1.82) is 0 Å². The lowest BCUT2D eigenvalue weighted by molar-refractivity contribution is -0.486. The molecular formula is C4H6NOS+. The molecule has 0 spiro atoms. The van der Waals surface area contributed by atoms with Crippen molar-refractivity contribution in [3.63, 3.8) is 0 Å². The van der Waals surface area contributed by atoms with Gasteiger partial charge in [-0.3, -0.25) is 0 Å². The van der Waals surface area contributed by atoms with E-state index in [4.69, 9.17) is 0 Å². The van der Waals surface area contributed by atoms with Crippen LogP contribution in [0.15, 0.2) is 11.6 Å². The third kappa shape index (κ3) is 0.825. The Morgan fingerprint density at radius 1 is 1.86 bits per heavy atom. The Hall–Kier alpha value is -0.310. The molecule has 0 aliphatic carbocycles. The minimum atomic E-state index is 0.0972. The normalized spacial score (nSPS) is 29.3. The van der Waals surface area contributed by atoms with Crippen LogP contribution in [0.4, 0.5) is 0 Å². The maximum Gasteiger partial charge on any atom is 0.254 e. The zero-order chi connectivity index (χ0) is 5.28. The minimum Gasteiger partial charge on any atom is -0.0496 e. The molecule has 0 aromatic carbocycles. The Labute approximate surface area is 46.2 Å². The molecule has 0 amide bonds. The van der Waals surface area contributed by atoms with Crippen molar-refractivity contribution in [2.45, 2.75) is 12.3 Å². The van der Waals surface area contributed by atoms with Crippen molar-refractivity contribution in [3.05, 3.63) is 16.5 Å². The second-order valence-corrected chi connectivity index (χ2v) is 2.61. The van der Waals surface area contributed by atoms with Crippen LogP contribution in [-0.2, 0) is 0 Å². The standard InChI is InChI=1S/C4H6NOS/c1-4-5(6)2-3-7-4/h2-4H,1H3/q+1. The second-order valence-electron chi connectivity index (χ2n) is 1.38. The molecule has 1 aliphatic heterocycles. The Bertz CT molecular complexity index is 121. The average molecular weight is 116 g/mol. The van der Waals surface area contributed by atoms with Crippen LogP contribution in [0.25, 0.3) is 0 Å². The lowest BCUT2D eigenvalue weighted by atomic mass is 10.7. The van der Waals surface area contributed by atoms with Gasteiger partial charge in [0.2, 0.25) is 6.20 Å². The first kappa shape index (κ1) is 4.84. The van der Waals surface area contributed by atoms with Crippen molar-refractivity contribution in [2.75, 3.05) is 0 Å². The number of nitrogens with zero attached hydrogens (tertiary/aromatic N) is 1. The fourth-order valence-electron chi connectivity index (χ4n) is 0.390. The van der Waals surface area contributed by atoms with Gasteiger partial charge in [-0.2, -0.15) is 0 Å². The van der Waals surface area contributed by atoms with E-state index < -0.39 is 0 Å². The smallest absolute Gasteiger partial charge is 0.0496 e. The fraction of sp³-hybridized carbons (Fsp3) is 0.500. The zero-order valence-corrected chi connectivity index (χ0v) is 4.81. The first-order chi connectivity index (χ1) is 3.30. The summed E-state index contributed by atoms with van der Waals surface area (Å²) in [5.41, 5.74) is 0. The van der Waals surface area contributed by atoms with E-state index in [1.807, 2.05) is 6.92 Å². The predicted molar refractivity (Wildman–Crippen MR) is 29.8 cm³/mol. The van der Waals surface area contributed by atoms with Gasteiger partial charge in [-0.15, -0.1) is 0 Å². The molecule has 1 unspecified atom stereocenters. The molecule has 0 fully saturated rings. The molecule has 0 aromatic heterocycles. The quantitative estimate of drug-likeness (QED) is 0.445. The van der Waals surface area contributed by atoms with Gasteiger partial charge in [0.25, 0.3) is 5.37 Å². The molecule has 0 saturated heterocycles. The molecule has 1 aliphatic rings. The third-order valence-electron chi connectivity index (χ3n) is 0.842. The van der Waals surface area contributed by atoms with Gasteiger partial charge < -0.3 is 0 Å². The van der Waals surface area contributed by atoms with Crippen molar-refractivity contribution < 1.29 is 4.76 Å². The van der Waals surface area contributed by atoms with Gasteiger partial charge >= 0.3 is 0 Å². The molecule has 7 heavy (non-hydrogen) atoms. The Balaban J connectivity index is 2.62. The summed E-state index contributed by atoms with van der Waals surface area (Å²) in [6, 6.07) is 0. The molecular weight excluding hydrogens is 110 g/mol. The van der Waals surface area contributed by atoms with E-state index in [0.29, 0.717) is 0 Å². The lowest BCUT2D eigenvalue weighted by Crippen LogP contribution is -2.04. The van der Waals surface area contributed by atoms with Crippen LogP contribution < -0.4 is 0 Å². The van der Waals surface area contributed by atoms with Crippen LogP contribution in [0, 0.1) is 4.91 Å². The lowest BCUT2D eigenvalue weighted by Gasteiger charge is -1.82. The van der Waals surface area contributed by atoms with Gasteiger partial charge in [0.1, 0.15) is 0 Å². The van der Waals surface area contributed by atoms with Crippen molar-refractivity contribution in [2.24, 2.45) is 0 Å². The van der Waals surface area contributed by atoms with Gasteiger partial charge in [-0.05, 0) is 11.8 Å². The Morgan fingerprint density at radius 2 is 2.57 bits per heavy atom. The highest BCUT2D eigenvalue weighted by atomic mass is 32.2. The van der Waals surface area contributed by atoms with E-state index in [-0.39, 0.29) is 5.37 Å². The number of rotatable bonds is 0. The molecule has 0 bridgehead atoms. The summed E-state index contributed by atoms with van der Waals surface area (Å²) < 4.78 is 0.935. The maximum atomic E-state index is 10.4. The summed E-state index contributed by atoms with van der Waals surface area (Å²) >= 11 is 1.54. The van der Waals surface area contributed by atoms with Gasteiger partial charge in [-0.1, -0.05) is 0 Å². The summed E-state index contributed by atoms with van der Waals surface area (Å²) in [5.74, 6) is 0. The van der Waals surface area contributed by atoms with E-state index in [0.717, 1.165) is 4.76 Å². The van der Waals surface area contributed by atoms with Crippen molar-refractivity contribution >= 4 is 11.8 Å². The molecule has 2 nitrogen and oxygen atoms in total. The molecule has 1 atom stereocenters. The van der Waals surface area contributed by atoms with Crippen LogP contribution in [0.3, 0.4) is 0 Å². The largest absolute Gasteiger partial charge is 0.254 e. The second kappa shape index (κ2) is 1.66. The molecule has 0 N–H and O–H groups in total. The third-order valence-corrected chi connectivity index (χ3v) is 1.72. The molecule has 1 rings (SSSR count). The molecule has 0 aromatic rings. The number of thioether (sulfide) groups is 1. The zero-order valence-electron chi connectivity index (χ0n) is 4.00. The highest BCUT2D eigenvalue weighted by molar-refractivity contribution is 8.02. The van der Waals surface area contributed by atoms with E-state index in [9.17, 15) is 4.91 Å². The van der Waals surface area contributed by atoms with Gasteiger partial charge in [0.15, 0.2) is 0 Å². The van der Waals surface area contributed by atoms with Crippen LogP contribution in [0.5, 0.6) is 0 Å². The highest BCUT2D eigenvalue weighted by Crippen LogP contribution is 2.18. The molecule has 3 heteroatoms. The van der Waals surface area contributed by atoms with E-state index in [1.54, 1.807) is 5.41 Å².